The summed E-state index contributed by atoms with van der Waals surface area (Å²) in [5, 5.41) is 0.743. The Bertz CT molecular complexity index is 1320. The van der Waals surface area contributed by atoms with E-state index in [1.54, 1.807) is 12.1 Å². The number of hydrogen-bond acceptors (Lipinski definition) is 4. The zero-order valence-corrected chi connectivity index (χ0v) is 17.8. The number of fused-ring (bicyclic) bond motifs is 1. The Morgan fingerprint density at radius 1 is 1.03 bits per heavy atom. The van der Waals surface area contributed by atoms with Crippen molar-refractivity contribution in [3.8, 4) is 29.4 Å². The van der Waals surface area contributed by atoms with Gasteiger partial charge in [-0.15, -0.1) is 6.42 Å². The lowest BCUT2D eigenvalue weighted by Gasteiger charge is -2.12. The first-order chi connectivity index (χ1) is 15.5. The molecule has 0 fully saturated rings. The van der Waals surface area contributed by atoms with Gasteiger partial charge in [0.05, 0.1) is 11.2 Å². The molecule has 4 rings (SSSR count). The number of hydrogen-bond donors (Lipinski definition) is 0. The third-order valence-corrected chi connectivity index (χ3v) is 5.15. The van der Waals surface area contributed by atoms with Crippen molar-refractivity contribution in [2.45, 2.75) is 19.8 Å². The predicted octanol–water partition coefficient (Wildman–Crippen LogP) is 5.80. The van der Waals surface area contributed by atoms with Crippen LogP contribution in [0.3, 0.4) is 0 Å². The monoisotopic (exact) mass is 424 g/mol. The molecule has 0 atom stereocenters. The van der Waals surface area contributed by atoms with E-state index in [2.05, 4.69) is 29.7 Å². The summed E-state index contributed by atoms with van der Waals surface area (Å²) in [7, 11) is 0. The van der Waals surface area contributed by atoms with Crippen molar-refractivity contribution >= 4 is 16.7 Å². The fourth-order valence-corrected chi connectivity index (χ4v) is 3.40. The number of benzene rings is 3. The van der Waals surface area contributed by atoms with E-state index >= 15 is 0 Å². The second kappa shape index (κ2) is 8.99. The van der Waals surface area contributed by atoms with Crippen LogP contribution in [0.15, 0.2) is 66.7 Å². The van der Waals surface area contributed by atoms with Crippen molar-refractivity contribution in [2.75, 3.05) is 6.61 Å². The van der Waals surface area contributed by atoms with Gasteiger partial charge >= 0.3 is 0 Å². The van der Waals surface area contributed by atoms with Crippen molar-refractivity contribution in [3.63, 3.8) is 0 Å². The van der Waals surface area contributed by atoms with E-state index in [1.807, 2.05) is 30.3 Å². The molecule has 0 amide bonds. The molecule has 32 heavy (non-hydrogen) atoms. The molecule has 4 nitrogen and oxygen atoms in total. The van der Waals surface area contributed by atoms with Crippen LogP contribution in [0, 0.1) is 18.2 Å². The fourth-order valence-electron chi connectivity index (χ4n) is 3.40. The maximum Gasteiger partial charge on any atom is 0.230 e. The lowest BCUT2D eigenvalue weighted by molar-refractivity contribution is 0.103. The summed E-state index contributed by atoms with van der Waals surface area (Å²) in [4.78, 5) is 22.1. The van der Waals surface area contributed by atoms with Gasteiger partial charge in [0.1, 0.15) is 18.2 Å². The van der Waals surface area contributed by atoms with E-state index in [9.17, 15) is 9.18 Å². The van der Waals surface area contributed by atoms with Crippen molar-refractivity contribution in [1.29, 1.82) is 0 Å². The third kappa shape index (κ3) is 4.35. The van der Waals surface area contributed by atoms with Gasteiger partial charge in [0.15, 0.2) is 0 Å². The molecule has 0 saturated carbocycles. The molecule has 0 aliphatic heterocycles. The Hall–Kier alpha value is -4.04. The summed E-state index contributed by atoms with van der Waals surface area (Å²) in [5.74, 6) is 2.70. The van der Waals surface area contributed by atoms with Crippen LogP contribution >= 0.6 is 0 Å². The first-order valence-corrected chi connectivity index (χ1v) is 10.2. The number of rotatable bonds is 6. The normalized spacial score (nSPS) is 10.8. The second-order valence-corrected chi connectivity index (χ2v) is 7.68. The maximum absolute atomic E-state index is 13.3. The van der Waals surface area contributed by atoms with Crippen LogP contribution in [0.2, 0.25) is 0 Å². The third-order valence-electron chi connectivity index (χ3n) is 5.15. The van der Waals surface area contributed by atoms with E-state index in [4.69, 9.17) is 11.2 Å². The predicted molar refractivity (Wildman–Crippen MR) is 123 cm³/mol. The Balaban J connectivity index is 1.87. The van der Waals surface area contributed by atoms with Gasteiger partial charge in [-0.25, -0.2) is 14.4 Å². The average molecular weight is 424 g/mol. The largest absolute Gasteiger partial charge is 0.481 e. The number of carbonyl (C=O) groups excluding carboxylic acids is 1. The van der Waals surface area contributed by atoms with E-state index < -0.39 is 5.82 Å². The van der Waals surface area contributed by atoms with Crippen LogP contribution in [0.1, 0.15) is 41.5 Å². The first kappa shape index (κ1) is 21.2. The summed E-state index contributed by atoms with van der Waals surface area (Å²) in [6.45, 7) is 4.40. The Kier molecular flexibility index (Phi) is 5.96. The fraction of sp³-hybridized carbons (Fsp3) is 0.148. The molecular formula is C27H21FN2O2. The molecule has 3 aromatic carbocycles. The highest BCUT2D eigenvalue weighted by Crippen LogP contribution is 2.30. The van der Waals surface area contributed by atoms with Crippen LogP contribution in [-0.4, -0.2) is 22.4 Å². The Morgan fingerprint density at radius 2 is 1.75 bits per heavy atom. The van der Waals surface area contributed by atoms with Crippen LogP contribution < -0.4 is 4.74 Å². The van der Waals surface area contributed by atoms with Gasteiger partial charge in [-0.2, -0.15) is 0 Å². The van der Waals surface area contributed by atoms with Crippen molar-refractivity contribution < 1.29 is 13.9 Å². The van der Waals surface area contributed by atoms with Gasteiger partial charge in [-0.1, -0.05) is 44.0 Å². The highest BCUT2D eigenvalue weighted by atomic mass is 19.1. The van der Waals surface area contributed by atoms with E-state index in [0.717, 1.165) is 10.9 Å². The lowest BCUT2D eigenvalue weighted by Crippen LogP contribution is -2.09. The summed E-state index contributed by atoms with van der Waals surface area (Å²) in [5.41, 5.74) is 3.58. The first-order valence-electron chi connectivity index (χ1n) is 10.2. The smallest absolute Gasteiger partial charge is 0.230 e. The lowest BCUT2D eigenvalue weighted by atomic mass is 9.99. The molecule has 1 aromatic heterocycles. The molecule has 0 bridgehead atoms. The minimum atomic E-state index is -0.411. The van der Waals surface area contributed by atoms with Crippen LogP contribution in [0.25, 0.3) is 22.2 Å². The zero-order chi connectivity index (χ0) is 22.7. The molecule has 158 valence electrons. The molecule has 0 spiro atoms. The minimum Gasteiger partial charge on any atom is -0.481 e. The number of terminal acetylenes is 1. The standard InChI is InChI=1S/C27H21FN2O2/c1-4-15-32-22-13-14-24-23(16-22)25(19-7-5-18(6-8-19)17(2)3)30-27(29-24)26(31)20-9-11-21(28)12-10-20/h1,5-14,16-17H,15H2,2-3H3. The van der Waals surface area contributed by atoms with Gasteiger partial charge < -0.3 is 4.74 Å². The molecule has 5 heteroatoms. The van der Waals surface area contributed by atoms with E-state index in [0.29, 0.717) is 28.4 Å². The maximum atomic E-state index is 13.3. The van der Waals surface area contributed by atoms with E-state index in [1.165, 1.54) is 29.8 Å². The highest BCUT2D eigenvalue weighted by Gasteiger charge is 2.18. The van der Waals surface area contributed by atoms with Crippen molar-refractivity contribution in [1.82, 2.24) is 9.97 Å². The molecule has 0 saturated heterocycles. The topological polar surface area (TPSA) is 52.1 Å². The quantitative estimate of drug-likeness (QED) is 0.290. The second-order valence-electron chi connectivity index (χ2n) is 7.68. The van der Waals surface area contributed by atoms with Crippen LogP contribution in [0.4, 0.5) is 4.39 Å². The molecule has 0 radical (unpaired) electrons. The van der Waals surface area contributed by atoms with Gasteiger partial charge in [0.2, 0.25) is 11.6 Å². The van der Waals surface area contributed by atoms with Gasteiger partial charge in [-0.05, 0) is 53.9 Å². The molecule has 0 unspecified atom stereocenters. The molecule has 0 aliphatic carbocycles. The SMILES string of the molecule is C#CCOc1ccc2nc(C(=O)c3ccc(F)cc3)nc(-c3ccc(C(C)C)cc3)c2c1. The molecule has 0 N–H and O–H groups in total. The van der Waals surface area contributed by atoms with Gasteiger partial charge in [0.25, 0.3) is 0 Å². The minimum absolute atomic E-state index is 0.0457. The highest BCUT2D eigenvalue weighted by molar-refractivity contribution is 6.08. The number of carbonyl (C=O) groups is 1. The summed E-state index contributed by atoms with van der Waals surface area (Å²) in [6, 6.07) is 18.8. The number of halogens is 1. The number of ketones is 1. The van der Waals surface area contributed by atoms with Crippen molar-refractivity contribution in [2.24, 2.45) is 0 Å². The summed E-state index contributed by atoms with van der Waals surface area (Å²) in [6.07, 6.45) is 5.31. The summed E-state index contributed by atoms with van der Waals surface area (Å²) >= 11 is 0. The summed E-state index contributed by atoms with van der Waals surface area (Å²) < 4.78 is 18.9. The molecule has 1 heterocycles. The average Bonchev–Trinajstić information content (AvgIpc) is 2.82. The molecule has 0 aliphatic rings. The number of ether oxygens (including phenoxy) is 1. The zero-order valence-electron chi connectivity index (χ0n) is 17.8. The van der Waals surface area contributed by atoms with Gasteiger partial charge in [0, 0.05) is 16.5 Å². The van der Waals surface area contributed by atoms with Crippen molar-refractivity contribution in [3.05, 3.63) is 89.5 Å². The Morgan fingerprint density at radius 3 is 2.41 bits per heavy atom. The molecule has 4 aromatic rings. The van der Waals surface area contributed by atoms with Gasteiger partial charge in [-0.3, -0.25) is 4.79 Å². The molecular weight excluding hydrogens is 403 g/mol. The number of aromatic nitrogens is 2. The van der Waals surface area contributed by atoms with E-state index in [-0.39, 0.29) is 18.2 Å². The van der Waals surface area contributed by atoms with Crippen LogP contribution in [-0.2, 0) is 0 Å². The Labute approximate surface area is 186 Å². The van der Waals surface area contributed by atoms with Crippen LogP contribution in [0.5, 0.6) is 5.75 Å². The number of nitrogens with zero attached hydrogens (tertiary/aromatic N) is 2.